The highest BCUT2D eigenvalue weighted by molar-refractivity contribution is 6.39. The van der Waals surface area contributed by atoms with E-state index in [4.69, 9.17) is 4.74 Å². The number of halogens is 1. The molecule has 0 aliphatic carbocycles. The van der Waals surface area contributed by atoms with Crippen LogP contribution in [-0.2, 0) is 16.1 Å². The molecule has 0 unspecified atom stereocenters. The summed E-state index contributed by atoms with van der Waals surface area (Å²) in [5.41, 5.74) is 3.12. The molecule has 0 bridgehead atoms. The Morgan fingerprint density at radius 1 is 1.50 bits per heavy atom. The number of hydrogen-bond acceptors (Lipinski definition) is 4. The zero-order valence-corrected chi connectivity index (χ0v) is 10.9. The lowest BCUT2D eigenvalue weighted by Crippen LogP contribution is -2.36. The molecule has 0 spiro atoms. The molecule has 1 heterocycles. The van der Waals surface area contributed by atoms with Crippen LogP contribution in [0.1, 0.15) is 18.4 Å². The van der Waals surface area contributed by atoms with Gasteiger partial charge in [-0.25, -0.2) is 9.82 Å². The predicted molar refractivity (Wildman–Crippen MR) is 69.6 cm³/mol. The topological polar surface area (TPSA) is 79.8 Å². The molecular weight excluding hydrogens is 265 g/mol. The number of methoxy groups -OCH3 is 1. The van der Waals surface area contributed by atoms with E-state index in [2.05, 4.69) is 15.8 Å². The van der Waals surface area contributed by atoms with Gasteiger partial charge in [-0.3, -0.25) is 9.59 Å². The van der Waals surface area contributed by atoms with E-state index in [0.29, 0.717) is 12.0 Å². The zero-order valence-electron chi connectivity index (χ0n) is 10.9. The van der Waals surface area contributed by atoms with Crippen molar-refractivity contribution < 1.29 is 18.7 Å². The maximum Gasteiger partial charge on any atom is 0.267 e. The molecule has 1 aromatic rings. The molecule has 6 nitrogen and oxygen atoms in total. The predicted octanol–water partition coefficient (Wildman–Crippen LogP) is 0.716. The first kappa shape index (κ1) is 14.0. The molecule has 1 aromatic carbocycles. The maximum absolute atomic E-state index is 13.5. The second kappa shape index (κ2) is 6.14. The lowest BCUT2D eigenvalue weighted by molar-refractivity contribution is -0.121. The van der Waals surface area contributed by atoms with Gasteiger partial charge >= 0.3 is 0 Å². The Morgan fingerprint density at radius 3 is 2.90 bits per heavy atom. The second-order valence-corrected chi connectivity index (χ2v) is 4.25. The highest BCUT2D eigenvalue weighted by atomic mass is 19.1. The number of ether oxygens (including phenoxy) is 1. The number of carbonyl (C=O) groups excluding carboxylic acids is 2. The van der Waals surface area contributed by atoms with Crippen molar-refractivity contribution in [2.24, 2.45) is 5.10 Å². The van der Waals surface area contributed by atoms with Gasteiger partial charge < -0.3 is 10.1 Å². The Hall–Kier alpha value is -2.44. The molecule has 0 aromatic heterocycles. The molecule has 0 saturated carbocycles. The van der Waals surface area contributed by atoms with Gasteiger partial charge in [-0.05, 0) is 17.7 Å². The van der Waals surface area contributed by atoms with Crippen LogP contribution in [0.2, 0.25) is 0 Å². The molecule has 0 fully saturated rings. The highest BCUT2D eigenvalue weighted by Gasteiger charge is 2.17. The van der Waals surface area contributed by atoms with Gasteiger partial charge in [-0.2, -0.15) is 5.10 Å². The number of benzene rings is 1. The van der Waals surface area contributed by atoms with Crippen molar-refractivity contribution in [3.63, 3.8) is 0 Å². The van der Waals surface area contributed by atoms with E-state index in [0.717, 1.165) is 0 Å². The smallest absolute Gasteiger partial charge is 0.267 e. The first-order valence-electron chi connectivity index (χ1n) is 6.06. The minimum Gasteiger partial charge on any atom is -0.494 e. The van der Waals surface area contributed by atoms with Gasteiger partial charge in [0.15, 0.2) is 11.6 Å². The standard InChI is InChI=1S/C13H14FN3O3/c1-20-11-4-2-8(6-9(11)14)7-15-13(19)10-3-5-12(18)17-16-10/h2,4,6H,3,5,7H2,1H3,(H,15,19)(H,17,18). The molecule has 106 valence electrons. The summed E-state index contributed by atoms with van der Waals surface area (Å²) >= 11 is 0. The maximum atomic E-state index is 13.5. The molecule has 2 N–H and O–H groups in total. The SMILES string of the molecule is COc1ccc(CNC(=O)C2=NNC(=O)CC2)cc1F. The van der Waals surface area contributed by atoms with Crippen LogP contribution in [0, 0.1) is 5.82 Å². The molecule has 1 aliphatic rings. The fourth-order valence-electron chi connectivity index (χ4n) is 1.74. The molecule has 0 saturated heterocycles. The summed E-state index contributed by atoms with van der Waals surface area (Å²) in [6, 6.07) is 4.45. The normalized spacial score (nSPS) is 14.3. The number of hydrogen-bond donors (Lipinski definition) is 2. The Morgan fingerprint density at radius 2 is 2.30 bits per heavy atom. The van der Waals surface area contributed by atoms with Crippen molar-refractivity contribution in [2.45, 2.75) is 19.4 Å². The largest absolute Gasteiger partial charge is 0.494 e. The minimum atomic E-state index is -0.485. The van der Waals surface area contributed by atoms with Crippen LogP contribution < -0.4 is 15.5 Å². The van der Waals surface area contributed by atoms with E-state index in [1.165, 1.54) is 19.2 Å². The lowest BCUT2D eigenvalue weighted by atomic mass is 10.1. The fourth-order valence-corrected chi connectivity index (χ4v) is 1.74. The van der Waals surface area contributed by atoms with E-state index in [-0.39, 0.29) is 36.2 Å². The van der Waals surface area contributed by atoms with Gasteiger partial charge in [-0.15, -0.1) is 0 Å². The Kier molecular flexibility index (Phi) is 4.29. The van der Waals surface area contributed by atoms with Gasteiger partial charge in [-0.1, -0.05) is 6.07 Å². The minimum absolute atomic E-state index is 0.152. The molecule has 20 heavy (non-hydrogen) atoms. The van der Waals surface area contributed by atoms with Crippen LogP contribution in [-0.4, -0.2) is 24.6 Å². The number of carbonyl (C=O) groups is 2. The van der Waals surface area contributed by atoms with Crippen LogP contribution in [0.3, 0.4) is 0 Å². The summed E-state index contributed by atoms with van der Waals surface area (Å²) in [4.78, 5) is 22.7. The van der Waals surface area contributed by atoms with Crippen molar-refractivity contribution >= 4 is 17.5 Å². The molecule has 1 aliphatic heterocycles. The third-order valence-corrected chi connectivity index (χ3v) is 2.84. The van der Waals surface area contributed by atoms with E-state index < -0.39 is 5.82 Å². The van der Waals surface area contributed by atoms with Gasteiger partial charge in [0.05, 0.1) is 7.11 Å². The van der Waals surface area contributed by atoms with Crippen LogP contribution >= 0.6 is 0 Å². The molecule has 0 radical (unpaired) electrons. The quantitative estimate of drug-likeness (QED) is 0.852. The Labute approximate surface area is 115 Å². The average molecular weight is 279 g/mol. The van der Waals surface area contributed by atoms with Crippen molar-refractivity contribution in [3.8, 4) is 5.75 Å². The van der Waals surface area contributed by atoms with E-state index in [9.17, 15) is 14.0 Å². The molecular formula is C13H14FN3O3. The van der Waals surface area contributed by atoms with Crippen molar-refractivity contribution in [2.75, 3.05) is 7.11 Å². The number of nitrogens with zero attached hydrogens (tertiary/aromatic N) is 1. The van der Waals surface area contributed by atoms with Crippen molar-refractivity contribution in [1.29, 1.82) is 0 Å². The van der Waals surface area contributed by atoms with Crippen molar-refractivity contribution in [1.82, 2.24) is 10.7 Å². The first-order chi connectivity index (χ1) is 9.60. The monoisotopic (exact) mass is 279 g/mol. The van der Waals surface area contributed by atoms with Crippen molar-refractivity contribution in [3.05, 3.63) is 29.6 Å². The van der Waals surface area contributed by atoms with Gasteiger partial charge in [0.2, 0.25) is 5.91 Å². The van der Waals surface area contributed by atoms with Crippen LogP contribution in [0.5, 0.6) is 5.75 Å². The number of hydrazone groups is 1. The number of nitrogens with one attached hydrogen (secondary N) is 2. The summed E-state index contributed by atoms with van der Waals surface area (Å²) in [5.74, 6) is -0.916. The fraction of sp³-hybridized carbons (Fsp3) is 0.308. The molecule has 7 heteroatoms. The lowest BCUT2D eigenvalue weighted by Gasteiger charge is -2.12. The third kappa shape index (κ3) is 3.31. The van der Waals surface area contributed by atoms with E-state index in [1.54, 1.807) is 6.07 Å². The highest BCUT2D eigenvalue weighted by Crippen LogP contribution is 2.17. The van der Waals surface area contributed by atoms with Crippen LogP contribution in [0.25, 0.3) is 0 Å². The van der Waals surface area contributed by atoms with E-state index in [1.807, 2.05) is 0 Å². The van der Waals surface area contributed by atoms with Crippen LogP contribution in [0.4, 0.5) is 4.39 Å². The van der Waals surface area contributed by atoms with Gasteiger partial charge in [0.1, 0.15) is 5.71 Å². The van der Waals surface area contributed by atoms with E-state index >= 15 is 0 Å². The average Bonchev–Trinajstić information content (AvgIpc) is 2.45. The second-order valence-electron chi connectivity index (χ2n) is 4.25. The Balaban J connectivity index is 1.93. The summed E-state index contributed by atoms with van der Waals surface area (Å²) in [5, 5.41) is 6.30. The zero-order chi connectivity index (χ0) is 14.5. The molecule has 0 atom stereocenters. The first-order valence-corrected chi connectivity index (χ1v) is 6.06. The number of rotatable bonds is 4. The molecule has 2 amide bonds. The van der Waals surface area contributed by atoms with Gasteiger partial charge in [0.25, 0.3) is 5.91 Å². The van der Waals surface area contributed by atoms with Gasteiger partial charge in [0, 0.05) is 19.4 Å². The molecule has 2 rings (SSSR count). The third-order valence-electron chi connectivity index (χ3n) is 2.84. The Bertz CT molecular complexity index is 572. The summed E-state index contributed by atoms with van der Waals surface area (Å²) in [6.07, 6.45) is 0.540. The summed E-state index contributed by atoms with van der Waals surface area (Å²) in [6.45, 7) is 0.173. The number of amides is 2. The summed E-state index contributed by atoms with van der Waals surface area (Å²) in [7, 11) is 1.38. The van der Waals surface area contributed by atoms with Crippen LogP contribution in [0.15, 0.2) is 23.3 Å². The summed E-state index contributed by atoms with van der Waals surface area (Å²) < 4.78 is 18.3.